The lowest BCUT2D eigenvalue weighted by molar-refractivity contribution is -0.118. The lowest BCUT2D eigenvalue weighted by Gasteiger charge is -2.10. The number of carbonyl (C=O) groups excluding carboxylic acids is 2. The molecule has 0 aromatic heterocycles. The zero-order valence-corrected chi connectivity index (χ0v) is 15.2. The zero-order chi connectivity index (χ0) is 18.9. The normalized spacial score (nSPS) is 10.3. The highest BCUT2D eigenvalue weighted by molar-refractivity contribution is 5.92. The molecule has 2 rings (SSSR count). The average Bonchev–Trinajstić information content (AvgIpc) is 2.65. The number of carbonyl (C=O) groups is 2. The fourth-order valence-electron chi connectivity index (χ4n) is 2.06. The number of nitrogens with one attached hydrogen (secondary N) is 1. The first-order valence-electron chi connectivity index (χ1n) is 8.32. The van der Waals surface area contributed by atoms with Gasteiger partial charge < -0.3 is 19.5 Å². The van der Waals surface area contributed by atoms with E-state index >= 15 is 0 Å². The minimum atomic E-state index is -0.374. The van der Waals surface area contributed by atoms with Crippen molar-refractivity contribution in [2.24, 2.45) is 5.92 Å². The second-order valence-electron chi connectivity index (χ2n) is 6.09. The number of hydrogen-bond acceptors (Lipinski definition) is 5. The van der Waals surface area contributed by atoms with E-state index in [1.165, 1.54) is 0 Å². The van der Waals surface area contributed by atoms with Gasteiger partial charge in [-0.3, -0.25) is 4.79 Å². The van der Waals surface area contributed by atoms with Crippen molar-refractivity contribution in [3.05, 3.63) is 54.1 Å². The Labute approximate surface area is 153 Å². The highest BCUT2D eigenvalue weighted by Gasteiger charge is 2.09. The summed E-state index contributed by atoms with van der Waals surface area (Å²) in [5, 5.41) is 2.73. The molecule has 0 aliphatic heterocycles. The van der Waals surface area contributed by atoms with E-state index < -0.39 is 0 Å². The molecule has 6 nitrogen and oxygen atoms in total. The van der Waals surface area contributed by atoms with Crippen LogP contribution in [0.2, 0.25) is 0 Å². The van der Waals surface area contributed by atoms with E-state index in [0.717, 1.165) is 0 Å². The highest BCUT2D eigenvalue weighted by Crippen LogP contribution is 2.17. The third-order valence-electron chi connectivity index (χ3n) is 3.36. The summed E-state index contributed by atoms with van der Waals surface area (Å²) in [6.45, 7) is 4.18. The number of hydrogen-bond donors (Lipinski definition) is 1. The smallest absolute Gasteiger partial charge is 0.338 e. The van der Waals surface area contributed by atoms with Crippen LogP contribution in [0.3, 0.4) is 0 Å². The summed E-state index contributed by atoms with van der Waals surface area (Å²) in [7, 11) is 1.56. The number of amides is 1. The quantitative estimate of drug-likeness (QED) is 0.732. The zero-order valence-electron chi connectivity index (χ0n) is 15.2. The van der Waals surface area contributed by atoms with Gasteiger partial charge in [-0.15, -0.1) is 0 Å². The Balaban J connectivity index is 1.83. The Morgan fingerprint density at radius 2 is 1.77 bits per heavy atom. The Morgan fingerprint density at radius 1 is 1.04 bits per heavy atom. The summed E-state index contributed by atoms with van der Waals surface area (Å²) in [4.78, 5) is 23.8. The maximum absolute atomic E-state index is 12.0. The molecule has 6 heteroatoms. The summed E-state index contributed by atoms with van der Waals surface area (Å²) in [6, 6.07) is 13.5. The van der Waals surface area contributed by atoms with Gasteiger partial charge in [0.15, 0.2) is 6.61 Å². The third-order valence-corrected chi connectivity index (χ3v) is 3.36. The van der Waals surface area contributed by atoms with Crippen LogP contribution in [0.15, 0.2) is 48.5 Å². The Bertz CT molecular complexity index is 740. The van der Waals surface area contributed by atoms with Crippen LogP contribution in [-0.4, -0.2) is 32.2 Å². The fraction of sp³-hybridized carbons (Fsp3) is 0.300. The molecule has 1 amide bonds. The second-order valence-corrected chi connectivity index (χ2v) is 6.09. The molecule has 0 aliphatic rings. The van der Waals surface area contributed by atoms with Gasteiger partial charge in [-0.1, -0.05) is 19.9 Å². The van der Waals surface area contributed by atoms with E-state index in [1.54, 1.807) is 55.6 Å². The van der Waals surface area contributed by atoms with Crippen LogP contribution >= 0.6 is 0 Å². The molecule has 2 aromatic carbocycles. The molecule has 0 saturated carbocycles. The largest absolute Gasteiger partial charge is 0.497 e. The molecule has 0 unspecified atom stereocenters. The summed E-state index contributed by atoms with van der Waals surface area (Å²) >= 11 is 0. The third kappa shape index (κ3) is 6.12. The molecule has 0 atom stereocenters. The number of rotatable bonds is 8. The summed E-state index contributed by atoms with van der Waals surface area (Å²) < 4.78 is 15.7. The van der Waals surface area contributed by atoms with Crippen molar-refractivity contribution < 1.29 is 23.8 Å². The average molecular weight is 357 g/mol. The lowest BCUT2D eigenvalue weighted by atomic mass is 10.2. The minimum absolute atomic E-state index is 0.144. The SMILES string of the molecule is COc1cccc(NC(=O)COc2ccc(C(=O)OCC(C)C)cc2)c1. The molecule has 0 radical (unpaired) electrons. The maximum atomic E-state index is 12.0. The monoisotopic (exact) mass is 357 g/mol. The van der Waals surface area contributed by atoms with Gasteiger partial charge in [-0.05, 0) is 42.3 Å². The molecular weight excluding hydrogens is 334 g/mol. The number of anilines is 1. The Kier molecular flexibility index (Phi) is 7.02. The van der Waals surface area contributed by atoms with Gasteiger partial charge in [0.1, 0.15) is 11.5 Å². The van der Waals surface area contributed by atoms with E-state index in [2.05, 4.69) is 5.32 Å². The van der Waals surface area contributed by atoms with Gasteiger partial charge in [-0.2, -0.15) is 0 Å². The van der Waals surface area contributed by atoms with Crippen LogP contribution in [0.25, 0.3) is 0 Å². The Morgan fingerprint density at radius 3 is 2.42 bits per heavy atom. The van der Waals surface area contributed by atoms with Crippen LogP contribution in [-0.2, 0) is 9.53 Å². The van der Waals surface area contributed by atoms with Crippen molar-refractivity contribution >= 4 is 17.6 Å². The van der Waals surface area contributed by atoms with Gasteiger partial charge in [0.25, 0.3) is 5.91 Å². The van der Waals surface area contributed by atoms with Crippen LogP contribution in [0.1, 0.15) is 24.2 Å². The van der Waals surface area contributed by atoms with Crippen molar-refractivity contribution in [3.63, 3.8) is 0 Å². The van der Waals surface area contributed by atoms with Gasteiger partial charge >= 0.3 is 5.97 Å². The molecule has 0 aliphatic carbocycles. The van der Waals surface area contributed by atoms with E-state index in [0.29, 0.717) is 29.4 Å². The lowest BCUT2D eigenvalue weighted by Crippen LogP contribution is -2.20. The summed E-state index contributed by atoms with van der Waals surface area (Å²) in [5.74, 6) is 0.763. The highest BCUT2D eigenvalue weighted by atomic mass is 16.5. The predicted molar refractivity (Wildman–Crippen MR) is 98.7 cm³/mol. The molecular formula is C20H23NO5. The topological polar surface area (TPSA) is 73.9 Å². The molecule has 1 N–H and O–H groups in total. The molecule has 0 heterocycles. The van der Waals surface area contributed by atoms with Crippen molar-refractivity contribution in [2.75, 3.05) is 25.6 Å². The number of methoxy groups -OCH3 is 1. The standard InChI is InChI=1S/C20H23NO5/c1-14(2)12-26-20(23)15-7-9-17(10-8-15)25-13-19(22)21-16-5-4-6-18(11-16)24-3/h4-11,14H,12-13H2,1-3H3,(H,21,22). The van der Waals surface area contributed by atoms with E-state index in [1.807, 2.05) is 13.8 Å². The Hall–Kier alpha value is -3.02. The van der Waals surface area contributed by atoms with Gasteiger partial charge in [0.2, 0.25) is 0 Å². The van der Waals surface area contributed by atoms with E-state index in [9.17, 15) is 9.59 Å². The first-order chi connectivity index (χ1) is 12.5. The van der Waals surface area contributed by atoms with E-state index in [-0.39, 0.29) is 24.4 Å². The van der Waals surface area contributed by atoms with Crippen molar-refractivity contribution in [3.8, 4) is 11.5 Å². The summed E-state index contributed by atoms with van der Waals surface area (Å²) in [5.41, 5.74) is 1.07. The minimum Gasteiger partial charge on any atom is -0.497 e. The maximum Gasteiger partial charge on any atom is 0.338 e. The van der Waals surface area contributed by atoms with E-state index in [4.69, 9.17) is 14.2 Å². The second kappa shape index (κ2) is 9.46. The molecule has 0 bridgehead atoms. The van der Waals surface area contributed by atoms with Crippen LogP contribution in [0.4, 0.5) is 5.69 Å². The molecule has 0 fully saturated rings. The van der Waals surface area contributed by atoms with Crippen LogP contribution in [0, 0.1) is 5.92 Å². The first kappa shape index (κ1) is 19.3. The van der Waals surface area contributed by atoms with Crippen molar-refractivity contribution in [2.45, 2.75) is 13.8 Å². The van der Waals surface area contributed by atoms with Crippen LogP contribution < -0.4 is 14.8 Å². The molecule has 0 saturated heterocycles. The number of ether oxygens (including phenoxy) is 3. The van der Waals surface area contributed by atoms with Gasteiger partial charge in [-0.25, -0.2) is 4.79 Å². The summed E-state index contributed by atoms with van der Waals surface area (Å²) in [6.07, 6.45) is 0. The van der Waals surface area contributed by atoms with Gasteiger partial charge in [0.05, 0.1) is 19.3 Å². The molecule has 2 aromatic rings. The van der Waals surface area contributed by atoms with Crippen molar-refractivity contribution in [1.82, 2.24) is 0 Å². The number of benzene rings is 2. The fourth-order valence-corrected chi connectivity index (χ4v) is 2.06. The molecule has 138 valence electrons. The van der Waals surface area contributed by atoms with Crippen LogP contribution in [0.5, 0.6) is 11.5 Å². The van der Waals surface area contributed by atoms with Gasteiger partial charge in [0, 0.05) is 11.8 Å². The van der Waals surface area contributed by atoms with Crippen molar-refractivity contribution in [1.29, 1.82) is 0 Å². The first-order valence-corrected chi connectivity index (χ1v) is 8.32. The number of esters is 1. The molecule has 26 heavy (non-hydrogen) atoms. The molecule has 0 spiro atoms. The predicted octanol–water partition coefficient (Wildman–Crippen LogP) is 3.53.